The molecule has 0 heterocycles. The lowest BCUT2D eigenvalue weighted by atomic mass is 10.2. The van der Waals surface area contributed by atoms with E-state index in [2.05, 4.69) is 0 Å². The van der Waals surface area contributed by atoms with Gasteiger partial charge in [-0.2, -0.15) is 4.31 Å². The van der Waals surface area contributed by atoms with Crippen molar-refractivity contribution in [1.29, 1.82) is 0 Å². The standard InChI is InChI=1S/C15H15NO4S/c1-16(11-12-5-3-2-4-6-12)21(19,20)14-9-7-13(8-10-14)15(17)18/h2-10H,11H2,1H3,(H,17,18)/p-1. The maximum Gasteiger partial charge on any atom is 0.243 e. The van der Waals surface area contributed by atoms with E-state index >= 15 is 0 Å². The first-order chi connectivity index (χ1) is 9.91. The number of benzene rings is 2. The van der Waals surface area contributed by atoms with Gasteiger partial charge in [-0.25, -0.2) is 8.42 Å². The molecule has 0 aliphatic heterocycles. The number of carboxylic acids is 1. The molecule has 0 aliphatic carbocycles. The predicted molar refractivity (Wildman–Crippen MR) is 75.9 cm³/mol. The number of sulfonamides is 1. The molecule has 0 atom stereocenters. The lowest BCUT2D eigenvalue weighted by Gasteiger charge is -2.17. The zero-order valence-electron chi connectivity index (χ0n) is 11.4. The van der Waals surface area contributed by atoms with Crippen molar-refractivity contribution < 1.29 is 18.3 Å². The molecule has 0 bridgehead atoms. The Morgan fingerprint density at radius 1 is 1.05 bits per heavy atom. The van der Waals surface area contributed by atoms with Crippen LogP contribution in [0, 0.1) is 0 Å². The van der Waals surface area contributed by atoms with Crippen molar-refractivity contribution in [3.8, 4) is 0 Å². The Morgan fingerprint density at radius 2 is 1.62 bits per heavy atom. The Morgan fingerprint density at radius 3 is 2.14 bits per heavy atom. The van der Waals surface area contributed by atoms with Crippen LogP contribution in [-0.2, 0) is 16.6 Å². The van der Waals surface area contributed by atoms with Crippen molar-refractivity contribution >= 4 is 16.0 Å². The van der Waals surface area contributed by atoms with Gasteiger partial charge in [0.15, 0.2) is 0 Å². The topological polar surface area (TPSA) is 77.5 Å². The molecule has 2 aromatic rings. The first-order valence-electron chi connectivity index (χ1n) is 6.23. The van der Waals surface area contributed by atoms with Gasteiger partial charge in [0, 0.05) is 13.6 Å². The lowest BCUT2D eigenvalue weighted by molar-refractivity contribution is -0.255. The molecular weight excluding hydrogens is 290 g/mol. The predicted octanol–water partition coefficient (Wildman–Crippen LogP) is 0.871. The van der Waals surface area contributed by atoms with Crippen LogP contribution in [0.4, 0.5) is 0 Å². The highest BCUT2D eigenvalue weighted by molar-refractivity contribution is 7.89. The highest BCUT2D eigenvalue weighted by Crippen LogP contribution is 2.17. The minimum atomic E-state index is -3.66. The smallest absolute Gasteiger partial charge is 0.243 e. The maximum atomic E-state index is 12.4. The van der Waals surface area contributed by atoms with Crippen molar-refractivity contribution in [2.45, 2.75) is 11.4 Å². The van der Waals surface area contributed by atoms with Gasteiger partial charge in [0.1, 0.15) is 0 Å². The number of carbonyl (C=O) groups is 1. The molecule has 2 rings (SSSR count). The van der Waals surface area contributed by atoms with Crippen molar-refractivity contribution in [2.24, 2.45) is 0 Å². The van der Waals surface area contributed by atoms with Gasteiger partial charge in [-0.15, -0.1) is 0 Å². The third-order valence-corrected chi connectivity index (χ3v) is 4.86. The van der Waals surface area contributed by atoms with Gasteiger partial charge in [0.05, 0.1) is 10.9 Å². The van der Waals surface area contributed by atoms with Crippen LogP contribution in [0.3, 0.4) is 0 Å². The Labute approximate surface area is 123 Å². The Kier molecular flexibility index (Phi) is 4.40. The van der Waals surface area contributed by atoms with Crippen LogP contribution in [0.25, 0.3) is 0 Å². The molecule has 21 heavy (non-hydrogen) atoms. The average Bonchev–Trinajstić information content (AvgIpc) is 2.48. The highest BCUT2D eigenvalue weighted by atomic mass is 32.2. The maximum absolute atomic E-state index is 12.4. The lowest BCUT2D eigenvalue weighted by Crippen LogP contribution is -2.27. The molecule has 0 fully saturated rings. The van der Waals surface area contributed by atoms with E-state index in [1.807, 2.05) is 30.3 Å². The summed E-state index contributed by atoms with van der Waals surface area (Å²) < 4.78 is 26.0. The average molecular weight is 304 g/mol. The van der Waals surface area contributed by atoms with Crippen LogP contribution >= 0.6 is 0 Å². The number of carboxylic acid groups (broad SMARTS) is 1. The van der Waals surface area contributed by atoms with Gasteiger partial charge < -0.3 is 9.90 Å². The number of nitrogens with zero attached hydrogens (tertiary/aromatic N) is 1. The van der Waals surface area contributed by atoms with Crippen LogP contribution in [-0.4, -0.2) is 25.7 Å². The van der Waals surface area contributed by atoms with Gasteiger partial charge in [-0.3, -0.25) is 0 Å². The van der Waals surface area contributed by atoms with Crippen LogP contribution < -0.4 is 5.11 Å². The van der Waals surface area contributed by atoms with Crippen LogP contribution in [0.15, 0.2) is 59.5 Å². The van der Waals surface area contributed by atoms with Gasteiger partial charge in [-0.1, -0.05) is 42.5 Å². The SMILES string of the molecule is CN(Cc1ccccc1)S(=O)(=O)c1ccc(C(=O)[O-])cc1. The fourth-order valence-corrected chi connectivity index (χ4v) is 3.03. The second-order valence-electron chi connectivity index (χ2n) is 4.56. The zero-order chi connectivity index (χ0) is 15.5. The third kappa shape index (κ3) is 3.48. The molecule has 0 saturated carbocycles. The molecule has 5 nitrogen and oxygen atoms in total. The first kappa shape index (κ1) is 15.2. The number of hydrogen-bond acceptors (Lipinski definition) is 4. The normalized spacial score (nSPS) is 11.5. The minimum Gasteiger partial charge on any atom is -0.545 e. The molecular formula is C15H14NO4S-. The molecule has 2 aromatic carbocycles. The summed E-state index contributed by atoms with van der Waals surface area (Å²) in [5.74, 6) is -1.34. The molecule has 110 valence electrons. The molecule has 6 heteroatoms. The van der Waals surface area contributed by atoms with Crippen molar-refractivity contribution in [3.63, 3.8) is 0 Å². The largest absolute Gasteiger partial charge is 0.545 e. The molecule has 0 radical (unpaired) electrons. The Hall–Kier alpha value is -2.18. The fourth-order valence-electron chi connectivity index (χ4n) is 1.87. The number of hydrogen-bond donors (Lipinski definition) is 0. The van der Waals surface area contributed by atoms with Gasteiger partial charge in [0.25, 0.3) is 0 Å². The highest BCUT2D eigenvalue weighted by Gasteiger charge is 2.20. The summed E-state index contributed by atoms with van der Waals surface area (Å²) in [6, 6.07) is 14.2. The second-order valence-corrected chi connectivity index (χ2v) is 6.60. The van der Waals surface area contributed by atoms with E-state index in [9.17, 15) is 18.3 Å². The first-order valence-corrected chi connectivity index (χ1v) is 7.67. The van der Waals surface area contributed by atoms with E-state index in [-0.39, 0.29) is 17.0 Å². The summed E-state index contributed by atoms with van der Waals surface area (Å²) in [6.07, 6.45) is 0. The molecule has 0 aromatic heterocycles. The summed E-state index contributed by atoms with van der Waals surface area (Å²) in [5.41, 5.74) is 0.814. The molecule has 0 unspecified atom stereocenters. The number of aromatic carboxylic acids is 1. The Bertz CT molecular complexity index is 724. The Balaban J connectivity index is 2.22. The number of rotatable bonds is 5. The van der Waals surface area contributed by atoms with Gasteiger partial charge in [-0.05, 0) is 23.3 Å². The van der Waals surface area contributed by atoms with E-state index < -0.39 is 16.0 Å². The number of carbonyl (C=O) groups excluding carboxylic acids is 1. The summed E-state index contributed by atoms with van der Waals surface area (Å²) in [4.78, 5) is 10.7. The third-order valence-electron chi connectivity index (χ3n) is 3.05. The summed E-state index contributed by atoms with van der Waals surface area (Å²) in [7, 11) is -2.18. The van der Waals surface area contributed by atoms with E-state index in [4.69, 9.17) is 0 Å². The monoisotopic (exact) mass is 304 g/mol. The quantitative estimate of drug-likeness (QED) is 0.821. The van der Waals surface area contributed by atoms with E-state index in [0.717, 1.165) is 5.56 Å². The van der Waals surface area contributed by atoms with E-state index in [1.165, 1.54) is 35.6 Å². The molecule has 0 spiro atoms. The van der Waals surface area contributed by atoms with Crippen molar-refractivity contribution in [2.75, 3.05) is 7.05 Å². The van der Waals surface area contributed by atoms with Crippen LogP contribution in [0.1, 0.15) is 15.9 Å². The molecule has 0 amide bonds. The second kappa shape index (κ2) is 6.07. The van der Waals surface area contributed by atoms with Gasteiger partial charge in [0.2, 0.25) is 10.0 Å². The van der Waals surface area contributed by atoms with Gasteiger partial charge >= 0.3 is 0 Å². The molecule has 0 saturated heterocycles. The van der Waals surface area contributed by atoms with Crippen molar-refractivity contribution in [1.82, 2.24) is 4.31 Å². The molecule has 0 N–H and O–H groups in total. The van der Waals surface area contributed by atoms with E-state index in [1.54, 1.807) is 0 Å². The molecule has 0 aliphatic rings. The summed E-state index contributed by atoms with van der Waals surface area (Å²) >= 11 is 0. The zero-order valence-corrected chi connectivity index (χ0v) is 12.2. The minimum absolute atomic E-state index is 0.0472. The summed E-state index contributed by atoms with van der Waals surface area (Å²) in [6.45, 7) is 0.241. The van der Waals surface area contributed by atoms with Crippen LogP contribution in [0.2, 0.25) is 0 Å². The van der Waals surface area contributed by atoms with Crippen LogP contribution in [0.5, 0.6) is 0 Å². The summed E-state index contributed by atoms with van der Waals surface area (Å²) in [5, 5.41) is 10.7. The van der Waals surface area contributed by atoms with E-state index in [0.29, 0.717) is 0 Å². The van der Waals surface area contributed by atoms with Crippen molar-refractivity contribution in [3.05, 3.63) is 65.7 Å². The fraction of sp³-hybridized carbons (Fsp3) is 0.133.